The molecule has 0 unspecified atom stereocenters. The predicted molar refractivity (Wildman–Crippen MR) is 115 cm³/mol. The highest BCUT2D eigenvalue weighted by Gasteiger charge is 2.18. The first kappa shape index (κ1) is 22.2. The molecule has 1 aromatic carbocycles. The van der Waals surface area contributed by atoms with E-state index in [2.05, 4.69) is 20.7 Å². The molecule has 2 amide bonds. The molecular weight excluding hydrogens is 401 g/mol. The van der Waals surface area contributed by atoms with Crippen molar-refractivity contribution in [3.8, 4) is 5.88 Å². The van der Waals surface area contributed by atoms with Crippen LogP contribution in [0.4, 0.5) is 4.39 Å². The number of aryl methyl sites for hydroxylation is 3. The zero-order chi connectivity index (χ0) is 22.5. The van der Waals surface area contributed by atoms with Crippen molar-refractivity contribution in [1.82, 2.24) is 25.4 Å². The summed E-state index contributed by atoms with van der Waals surface area (Å²) in [6.07, 6.45) is 0.796. The fraction of sp³-hybridized carbons (Fsp3) is 0.364. The highest BCUT2D eigenvalue weighted by atomic mass is 19.1. The quantitative estimate of drug-likeness (QED) is 0.537. The van der Waals surface area contributed by atoms with E-state index in [0.29, 0.717) is 12.3 Å². The van der Waals surface area contributed by atoms with Gasteiger partial charge in [-0.3, -0.25) is 9.59 Å². The van der Waals surface area contributed by atoms with Crippen LogP contribution in [0.1, 0.15) is 33.6 Å². The Morgan fingerprint density at radius 1 is 1.16 bits per heavy atom. The number of nitrogens with zero attached hydrogens (tertiary/aromatic N) is 3. The van der Waals surface area contributed by atoms with Crippen LogP contribution in [-0.2, 0) is 18.3 Å². The van der Waals surface area contributed by atoms with Gasteiger partial charge in [-0.15, -0.1) is 5.10 Å². The number of ether oxygens (including phenoxy) is 1. The summed E-state index contributed by atoms with van der Waals surface area (Å²) >= 11 is 0. The molecule has 0 atom stereocenters. The van der Waals surface area contributed by atoms with Crippen LogP contribution < -0.4 is 15.4 Å². The second kappa shape index (κ2) is 9.55. The first-order valence-electron chi connectivity index (χ1n) is 9.99. The molecule has 9 heteroatoms. The normalized spacial score (nSPS) is 10.9. The van der Waals surface area contributed by atoms with E-state index in [1.807, 2.05) is 20.9 Å². The number of amides is 2. The summed E-state index contributed by atoms with van der Waals surface area (Å²) in [7, 11) is 3.38. The van der Waals surface area contributed by atoms with E-state index in [9.17, 15) is 14.0 Å². The van der Waals surface area contributed by atoms with Gasteiger partial charge in [0.15, 0.2) is 5.65 Å². The van der Waals surface area contributed by atoms with Gasteiger partial charge in [0, 0.05) is 32.3 Å². The molecule has 3 aromatic rings. The Bertz CT molecular complexity index is 1130. The number of pyridine rings is 1. The fourth-order valence-electron chi connectivity index (χ4n) is 3.55. The van der Waals surface area contributed by atoms with Crippen LogP contribution in [0, 0.1) is 19.7 Å². The highest BCUT2D eigenvalue weighted by molar-refractivity contribution is 5.94. The third-order valence-corrected chi connectivity index (χ3v) is 5.17. The number of aromatic nitrogens is 3. The number of carbonyl (C=O) groups is 2. The predicted octanol–water partition coefficient (Wildman–Crippen LogP) is 2.21. The molecule has 0 aliphatic carbocycles. The Balaban J connectivity index is 1.53. The van der Waals surface area contributed by atoms with Crippen molar-refractivity contribution < 1.29 is 18.7 Å². The molecule has 2 heterocycles. The minimum atomic E-state index is -0.578. The number of rotatable bonds is 8. The smallest absolute Gasteiger partial charge is 0.254 e. The molecule has 0 aliphatic heterocycles. The number of halogens is 1. The van der Waals surface area contributed by atoms with Crippen molar-refractivity contribution in [2.75, 3.05) is 20.2 Å². The number of methoxy groups -OCH3 is 1. The van der Waals surface area contributed by atoms with E-state index in [1.54, 1.807) is 17.9 Å². The Kier molecular flexibility index (Phi) is 6.84. The number of hydrogen-bond donors (Lipinski definition) is 2. The monoisotopic (exact) mass is 427 g/mol. The summed E-state index contributed by atoms with van der Waals surface area (Å²) in [6, 6.07) is 5.76. The van der Waals surface area contributed by atoms with E-state index in [4.69, 9.17) is 4.74 Å². The number of nitrogens with one attached hydrogen (secondary N) is 2. The minimum Gasteiger partial charge on any atom is -0.479 e. The molecule has 2 N–H and O–H groups in total. The molecule has 0 spiro atoms. The zero-order valence-corrected chi connectivity index (χ0v) is 18.1. The molecule has 0 aliphatic rings. The molecule has 8 nitrogen and oxygen atoms in total. The van der Waals surface area contributed by atoms with E-state index < -0.39 is 11.7 Å². The maximum atomic E-state index is 13.6. The Morgan fingerprint density at radius 3 is 2.58 bits per heavy atom. The standard InChI is InChI=1S/C22H26FN5O3/c1-13-15(14(2)26-20-19(13)22(31-4)27-28(20)3)9-10-18(29)24-11-12-25-21(30)16-7-5-6-8-17(16)23/h5-8H,9-12H2,1-4H3,(H,24,29)(H,25,30). The molecule has 2 aromatic heterocycles. The van der Waals surface area contributed by atoms with Gasteiger partial charge in [0.2, 0.25) is 11.8 Å². The third kappa shape index (κ3) is 4.82. The lowest BCUT2D eigenvalue weighted by Crippen LogP contribution is -2.35. The molecular formula is C22H26FN5O3. The first-order chi connectivity index (χ1) is 14.8. The Hall–Kier alpha value is -3.49. The van der Waals surface area contributed by atoms with Crippen LogP contribution in [-0.4, -0.2) is 46.8 Å². The largest absolute Gasteiger partial charge is 0.479 e. The van der Waals surface area contributed by atoms with E-state index in [0.717, 1.165) is 27.9 Å². The van der Waals surface area contributed by atoms with Crippen molar-refractivity contribution in [2.45, 2.75) is 26.7 Å². The number of carbonyl (C=O) groups excluding carboxylic acids is 2. The van der Waals surface area contributed by atoms with Crippen molar-refractivity contribution in [3.63, 3.8) is 0 Å². The van der Waals surface area contributed by atoms with Gasteiger partial charge in [0.05, 0.1) is 18.1 Å². The topological polar surface area (TPSA) is 98.1 Å². The molecule has 0 saturated heterocycles. The van der Waals surface area contributed by atoms with Crippen LogP contribution in [0.3, 0.4) is 0 Å². The molecule has 0 radical (unpaired) electrons. The minimum absolute atomic E-state index is 0.0199. The van der Waals surface area contributed by atoms with Crippen LogP contribution in [0.5, 0.6) is 5.88 Å². The van der Waals surface area contributed by atoms with Gasteiger partial charge >= 0.3 is 0 Å². The van der Waals surface area contributed by atoms with Crippen molar-refractivity contribution >= 4 is 22.8 Å². The van der Waals surface area contributed by atoms with Gasteiger partial charge in [0.1, 0.15) is 5.82 Å². The maximum Gasteiger partial charge on any atom is 0.254 e. The van der Waals surface area contributed by atoms with Gasteiger partial charge in [-0.05, 0) is 43.5 Å². The van der Waals surface area contributed by atoms with E-state index in [-0.39, 0.29) is 31.0 Å². The molecule has 0 fully saturated rings. The molecule has 3 rings (SSSR count). The summed E-state index contributed by atoms with van der Waals surface area (Å²) in [5, 5.41) is 10.5. The van der Waals surface area contributed by atoms with Gasteiger partial charge in [-0.1, -0.05) is 12.1 Å². The highest BCUT2D eigenvalue weighted by Crippen LogP contribution is 2.30. The SMILES string of the molecule is COc1nn(C)c2nc(C)c(CCC(=O)NCCNC(=O)c3ccccc3F)c(C)c12. The van der Waals surface area contributed by atoms with Crippen molar-refractivity contribution in [1.29, 1.82) is 0 Å². The number of benzene rings is 1. The summed E-state index contributed by atoms with van der Waals surface area (Å²) in [6.45, 7) is 4.35. The average Bonchev–Trinajstić information content (AvgIpc) is 3.06. The Labute approximate surface area is 179 Å². The lowest BCUT2D eigenvalue weighted by atomic mass is 10.00. The number of fused-ring (bicyclic) bond motifs is 1. The van der Waals surface area contributed by atoms with Gasteiger partial charge < -0.3 is 15.4 Å². The summed E-state index contributed by atoms with van der Waals surface area (Å²) in [5.41, 5.74) is 3.55. The zero-order valence-electron chi connectivity index (χ0n) is 18.1. The third-order valence-electron chi connectivity index (χ3n) is 5.17. The number of hydrogen-bond acceptors (Lipinski definition) is 5. The lowest BCUT2D eigenvalue weighted by molar-refractivity contribution is -0.121. The van der Waals surface area contributed by atoms with Gasteiger partial charge in [-0.25, -0.2) is 14.1 Å². The lowest BCUT2D eigenvalue weighted by Gasteiger charge is -2.12. The average molecular weight is 427 g/mol. The second-order valence-corrected chi connectivity index (χ2v) is 7.22. The molecule has 0 bridgehead atoms. The van der Waals surface area contributed by atoms with Crippen LogP contribution in [0.2, 0.25) is 0 Å². The van der Waals surface area contributed by atoms with Crippen LogP contribution in [0.15, 0.2) is 24.3 Å². The fourth-order valence-corrected chi connectivity index (χ4v) is 3.55. The summed E-state index contributed by atoms with van der Waals surface area (Å²) < 4.78 is 20.6. The second-order valence-electron chi connectivity index (χ2n) is 7.22. The van der Waals surface area contributed by atoms with Crippen molar-refractivity contribution in [2.24, 2.45) is 7.05 Å². The molecule has 164 valence electrons. The van der Waals surface area contributed by atoms with Gasteiger partial charge in [0.25, 0.3) is 5.91 Å². The summed E-state index contributed by atoms with van der Waals surface area (Å²) in [4.78, 5) is 28.8. The van der Waals surface area contributed by atoms with E-state index in [1.165, 1.54) is 18.2 Å². The Morgan fingerprint density at radius 2 is 1.87 bits per heavy atom. The maximum absolute atomic E-state index is 13.6. The van der Waals surface area contributed by atoms with Crippen LogP contribution in [0.25, 0.3) is 11.0 Å². The first-order valence-corrected chi connectivity index (χ1v) is 9.99. The van der Waals surface area contributed by atoms with Crippen molar-refractivity contribution in [3.05, 3.63) is 52.5 Å². The van der Waals surface area contributed by atoms with E-state index >= 15 is 0 Å². The van der Waals surface area contributed by atoms with Gasteiger partial charge in [-0.2, -0.15) is 0 Å². The van der Waals surface area contributed by atoms with Crippen LogP contribution >= 0.6 is 0 Å². The molecule has 0 saturated carbocycles. The summed E-state index contributed by atoms with van der Waals surface area (Å²) in [5.74, 6) is -0.718. The molecule has 31 heavy (non-hydrogen) atoms.